The Hall–Kier alpha value is -0.660. The van der Waals surface area contributed by atoms with Gasteiger partial charge in [-0.05, 0) is 54.8 Å². The second-order valence-electron chi connectivity index (χ2n) is 11.3. The summed E-state index contributed by atoms with van der Waals surface area (Å²) in [5.41, 5.74) is 3.46. The quantitative estimate of drug-likeness (QED) is 0.520. The average molecular weight is 335 g/mol. The van der Waals surface area contributed by atoms with E-state index in [1.807, 2.05) is 0 Å². The van der Waals surface area contributed by atoms with Crippen LogP contribution in [0.2, 0.25) is 0 Å². The first-order valence-corrected chi connectivity index (χ1v) is 9.61. The highest BCUT2D eigenvalue weighted by Crippen LogP contribution is 2.47. The van der Waals surface area contributed by atoms with Gasteiger partial charge in [0.15, 0.2) is 0 Å². The van der Waals surface area contributed by atoms with Crippen LogP contribution < -0.4 is 0 Å². The van der Waals surface area contributed by atoms with Crippen LogP contribution in [0.5, 0.6) is 0 Å². The number of rotatable bonds is 3. The summed E-state index contributed by atoms with van der Waals surface area (Å²) < 4.78 is 0. The van der Waals surface area contributed by atoms with Crippen LogP contribution in [-0.4, -0.2) is 24.0 Å². The van der Waals surface area contributed by atoms with Gasteiger partial charge in [0.25, 0.3) is 0 Å². The van der Waals surface area contributed by atoms with Gasteiger partial charge >= 0.3 is 0 Å². The van der Waals surface area contributed by atoms with Gasteiger partial charge in [-0.1, -0.05) is 62.3 Å². The zero-order valence-electron chi connectivity index (χ0n) is 18.3. The fourth-order valence-electron chi connectivity index (χ4n) is 3.80. The molecule has 1 aliphatic carbocycles. The molecule has 0 aromatic rings. The van der Waals surface area contributed by atoms with Crippen LogP contribution in [0.3, 0.4) is 0 Å². The lowest BCUT2D eigenvalue weighted by Gasteiger charge is -2.45. The van der Waals surface area contributed by atoms with Crippen LogP contribution in [0.15, 0.2) is 9.98 Å². The number of hydrogen-bond acceptors (Lipinski definition) is 2. The summed E-state index contributed by atoms with van der Waals surface area (Å²) in [5.74, 6) is 0. The molecule has 0 aliphatic heterocycles. The molecular formula is C22H42N2. The van der Waals surface area contributed by atoms with Crippen molar-refractivity contribution in [3.63, 3.8) is 0 Å². The summed E-state index contributed by atoms with van der Waals surface area (Å²) >= 11 is 0. The van der Waals surface area contributed by atoms with E-state index in [-0.39, 0.29) is 16.2 Å². The SMILES string of the molecule is CC(=NCC1(C)CC(N=C(C)C(C)(C)C)CC(C)(C)C1)C(C)(C)C. The van der Waals surface area contributed by atoms with E-state index < -0.39 is 0 Å². The molecule has 140 valence electrons. The van der Waals surface area contributed by atoms with E-state index in [2.05, 4.69) is 76.2 Å². The molecule has 0 heterocycles. The van der Waals surface area contributed by atoms with Crippen molar-refractivity contribution in [2.45, 2.75) is 101 Å². The summed E-state index contributed by atoms with van der Waals surface area (Å²) in [6, 6.07) is 0.433. The van der Waals surface area contributed by atoms with Crippen LogP contribution in [0.4, 0.5) is 0 Å². The maximum Gasteiger partial charge on any atom is 0.0510 e. The van der Waals surface area contributed by atoms with Crippen molar-refractivity contribution in [3.8, 4) is 0 Å². The largest absolute Gasteiger partial charge is 0.293 e. The van der Waals surface area contributed by atoms with Gasteiger partial charge in [0.2, 0.25) is 0 Å². The molecule has 2 atom stereocenters. The molecule has 0 aromatic heterocycles. The maximum absolute atomic E-state index is 5.14. The van der Waals surface area contributed by atoms with Crippen LogP contribution in [0.1, 0.15) is 95.4 Å². The highest BCUT2D eigenvalue weighted by molar-refractivity contribution is 5.87. The van der Waals surface area contributed by atoms with Gasteiger partial charge in [-0.25, -0.2) is 0 Å². The predicted octanol–water partition coefficient (Wildman–Crippen LogP) is 6.59. The monoisotopic (exact) mass is 334 g/mol. The third-order valence-corrected chi connectivity index (χ3v) is 5.67. The van der Waals surface area contributed by atoms with E-state index in [9.17, 15) is 0 Å². The smallest absolute Gasteiger partial charge is 0.0510 e. The van der Waals surface area contributed by atoms with E-state index in [4.69, 9.17) is 9.98 Å². The molecule has 2 heteroatoms. The molecule has 2 unspecified atom stereocenters. The Morgan fingerprint density at radius 2 is 1.38 bits per heavy atom. The summed E-state index contributed by atoms with van der Waals surface area (Å²) in [7, 11) is 0. The van der Waals surface area contributed by atoms with E-state index in [1.165, 1.54) is 24.3 Å². The fraction of sp³-hybridized carbons (Fsp3) is 0.909. The predicted molar refractivity (Wildman–Crippen MR) is 110 cm³/mol. The van der Waals surface area contributed by atoms with Crippen LogP contribution in [-0.2, 0) is 0 Å². The van der Waals surface area contributed by atoms with Crippen LogP contribution in [0, 0.1) is 21.7 Å². The second-order valence-corrected chi connectivity index (χ2v) is 11.3. The van der Waals surface area contributed by atoms with Gasteiger partial charge in [-0.15, -0.1) is 0 Å². The lowest BCUT2D eigenvalue weighted by atomic mass is 9.62. The van der Waals surface area contributed by atoms with Crippen molar-refractivity contribution in [2.75, 3.05) is 6.54 Å². The normalized spacial score (nSPS) is 29.7. The van der Waals surface area contributed by atoms with E-state index in [0.29, 0.717) is 11.5 Å². The molecule has 1 fully saturated rings. The number of nitrogens with zero attached hydrogens (tertiary/aromatic N) is 2. The third kappa shape index (κ3) is 6.33. The third-order valence-electron chi connectivity index (χ3n) is 5.67. The minimum atomic E-state index is 0.166. The number of aliphatic imine (C=N–C) groups is 2. The molecule has 0 spiro atoms. The molecule has 0 amide bonds. The topological polar surface area (TPSA) is 24.7 Å². The Morgan fingerprint density at radius 1 is 0.875 bits per heavy atom. The molecule has 2 nitrogen and oxygen atoms in total. The Labute approximate surface area is 151 Å². The molecule has 1 aliphatic rings. The van der Waals surface area contributed by atoms with Gasteiger partial charge in [0.1, 0.15) is 0 Å². The second kappa shape index (κ2) is 6.92. The minimum Gasteiger partial charge on any atom is -0.293 e. The summed E-state index contributed by atoms with van der Waals surface area (Å²) in [4.78, 5) is 10.1. The van der Waals surface area contributed by atoms with Gasteiger partial charge in [-0.2, -0.15) is 0 Å². The summed E-state index contributed by atoms with van der Waals surface area (Å²) in [6.07, 6.45) is 3.59. The van der Waals surface area contributed by atoms with E-state index in [1.54, 1.807) is 0 Å². The van der Waals surface area contributed by atoms with Crippen LogP contribution >= 0.6 is 0 Å². The molecule has 1 saturated carbocycles. The lowest BCUT2D eigenvalue weighted by Crippen LogP contribution is -2.40. The number of hydrogen-bond donors (Lipinski definition) is 0. The van der Waals surface area contributed by atoms with Gasteiger partial charge < -0.3 is 0 Å². The van der Waals surface area contributed by atoms with Gasteiger partial charge in [0.05, 0.1) is 6.04 Å². The van der Waals surface area contributed by atoms with E-state index in [0.717, 1.165) is 13.0 Å². The van der Waals surface area contributed by atoms with Crippen molar-refractivity contribution in [1.29, 1.82) is 0 Å². The summed E-state index contributed by atoms with van der Waals surface area (Å²) in [6.45, 7) is 26.1. The summed E-state index contributed by atoms with van der Waals surface area (Å²) in [5, 5.41) is 0. The Morgan fingerprint density at radius 3 is 1.83 bits per heavy atom. The molecule has 0 N–H and O–H groups in total. The first kappa shape index (κ1) is 21.4. The van der Waals surface area contributed by atoms with Crippen molar-refractivity contribution in [2.24, 2.45) is 31.6 Å². The Bertz CT molecular complexity index is 497. The van der Waals surface area contributed by atoms with E-state index >= 15 is 0 Å². The highest BCUT2D eigenvalue weighted by atomic mass is 14.8. The standard InChI is InChI=1S/C22H42N2/c1-16(19(3,4)5)23-15-22(11)13-18(12-21(9,10)14-22)24-17(2)20(6,7)8/h18H,12-15H2,1-11H3. The van der Waals surface area contributed by atoms with Crippen molar-refractivity contribution >= 4 is 11.4 Å². The average Bonchev–Trinajstić information content (AvgIpc) is 2.31. The molecular weight excluding hydrogens is 292 g/mol. The molecule has 0 bridgehead atoms. The molecule has 24 heavy (non-hydrogen) atoms. The van der Waals surface area contributed by atoms with Gasteiger partial charge in [-0.3, -0.25) is 9.98 Å². The lowest BCUT2D eigenvalue weighted by molar-refractivity contribution is 0.0911. The first-order valence-electron chi connectivity index (χ1n) is 9.61. The fourth-order valence-corrected chi connectivity index (χ4v) is 3.80. The molecule has 0 saturated heterocycles. The minimum absolute atomic E-state index is 0.166. The van der Waals surface area contributed by atoms with Crippen molar-refractivity contribution < 1.29 is 0 Å². The molecule has 1 rings (SSSR count). The molecule has 0 aromatic carbocycles. The zero-order valence-corrected chi connectivity index (χ0v) is 18.3. The zero-order chi connectivity index (χ0) is 19.0. The van der Waals surface area contributed by atoms with Gasteiger partial charge in [0, 0.05) is 18.0 Å². The Kier molecular flexibility index (Phi) is 6.17. The maximum atomic E-state index is 5.14. The Balaban J connectivity index is 3.00. The van der Waals surface area contributed by atoms with Crippen LogP contribution in [0.25, 0.3) is 0 Å². The molecule has 0 radical (unpaired) electrons. The first-order chi connectivity index (χ1) is 10.5. The van der Waals surface area contributed by atoms with Crippen molar-refractivity contribution in [1.82, 2.24) is 0 Å². The highest BCUT2D eigenvalue weighted by Gasteiger charge is 2.41. The van der Waals surface area contributed by atoms with Crippen molar-refractivity contribution in [3.05, 3.63) is 0 Å².